The number of benzene rings is 2. The molecular formula is C19H20O5. The predicted molar refractivity (Wildman–Crippen MR) is 92.7 cm³/mol. The number of carboxylic acid groups (broad SMARTS) is 1. The largest absolute Gasteiger partial charge is 0.497 e. The van der Waals surface area contributed by atoms with Crippen molar-refractivity contribution in [3.8, 4) is 17.2 Å². The molecule has 0 radical (unpaired) electrons. The zero-order valence-electron chi connectivity index (χ0n) is 13.7. The highest BCUT2D eigenvalue weighted by molar-refractivity contribution is 5.71. The molecule has 2 aromatic rings. The lowest BCUT2D eigenvalue weighted by molar-refractivity contribution is -0.137. The maximum Gasteiger partial charge on any atom is 0.306 e. The van der Waals surface area contributed by atoms with E-state index >= 15 is 0 Å². The van der Waals surface area contributed by atoms with Crippen LogP contribution in [0, 0.1) is 0 Å². The molecule has 2 aromatic carbocycles. The van der Waals surface area contributed by atoms with E-state index in [1.807, 2.05) is 48.6 Å². The first-order valence-electron chi connectivity index (χ1n) is 7.47. The first kappa shape index (κ1) is 17.4. The molecule has 0 saturated heterocycles. The monoisotopic (exact) mass is 328 g/mol. The highest BCUT2D eigenvalue weighted by Gasteiger charge is 2.06. The third-order valence-electron chi connectivity index (χ3n) is 3.32. The van der Waals surface area contributed by atoms with Gasteiger partial charge in [-0.2, -0.15) is 0 Å². The number of carboxylic acids is 1. The van der Waals surface area contributed by atoms with Crippen molar-refractivity contribution < 1.29 is 24.1 Å². The first-order valence-corrected chi connectivity index (χ1v) is 7.47. The van der Waals surface area contributed by atoms with Gasteiger partial charge in [0.05, 0.1) is 27.2 Å². The van der Waals surface area contributed by atoms with Gasteiger partial charge >= 0.3 is 5.97 Å². The fraction of sp³-hybridized carbons (Fsp3) is 0.211. The van der Waals surface area contributed by atoms with Crippen molar-refractivity contribution in [3.63, 3.8) is 0 Å². The predicted octanol–water partition coefficient (Wildman–Crippen LogP) is 3.73. The second kappa shape index (κ2) is 8.62. The number of methoxy groups -OCH3 is 2. The lowest BCUT2D eigenvalue weighted by atomic mass is 10.1. The van der Waals surface area contributed by atoms with Crippen LogP contribution in [0.5, 0.6) is 17.2 Å². The molecule has 0 atom stereocenters. The Morgan fingerprint density at radius 1 is 1.00 bits per heavy atom. The molecule has 0 heterocycles. The average Bonchev–Trinajstić information content (AvgIpc) is 2.60. The van der Waals surface area contributed by atoms with Crippen molar-refractivity contribution in [1.82, 2.24) is 0 Å². The standard InChI is InChI=1S/C19H20O5/c1-22-16-5-3-4-14(12-16)6-7-15-8-9-17(23-2)18(13-15)24-11-10-19(20)21/h3-9,12-13H,10-11H2,1-2H3,(H,20,21)/b7-6+. The molecule has 0 spiro atoms. The highest BCUT2D eigenvalue weighted by atomic mass is 16.5. The second-order valence-electron chi connectivity index (χ2n) is 5.01. The maximum absolute atomic E-state index is 10.6. The lowest BCUT2D eigenvalue weighted by Gasteiger charge is -2.10. The van der Waals surface area contributed by atoms with E-state index in [0.717, 1.165) is 16.9 Å². The van der Waals surface area contributed by atoms with Crippen molar-refractivity contribution in [2.75, 3.05) is 20.8 Å². The number of hydrogen-bond acceptors (Lipinski definition) is 4. The van der Waals surface area contributed by atoms with Crippen LogP contribution in [0.25, 0.3) is 12.2 Å². The minimum Gasteiger partial charge on any atom is -0.497 e. The molecule has 24 heavy (non-hydrogen) atoms. The number of ether oxygens (including phenoxy) is 3. The first-order chi connectivity index (χ1) is 11.6. The Hall–Kier alpha value is -2.95. The van der Waals surface area contributed by atoms with Gasteiger partial charge in [0.2, 0.25) is 0 Å². The van der Waals surface area contributed by atoms with Gasteiger partial charge in [0.15, 0.2) is 11.5 Å². The Labute approximate surface area is 141 Å². The zero-order valence-corrected chi connectivity index (χ0v) is 13.7. The smallest absolute Gasteiger partial charge is 0.306 e. The van der Waals surface area contributed by atoms with Crippen molar-refractivity contribution in [1.29, 1.82) is 0 Å². The molecule has 1 N–H and O–H groups in total. The van der Waals surface area contributed by atoms with E-state index in [0.29, 0.717) is 11.5 Å². The van der Waals surface area contributed by atoms with Gasteiger partial charge < -0.3 is 19.3 Å². The average molecular weight is 328 g/mol. The summed E-state index contributed by atoms with van der Waals surface area (Å²) in [5, 5.41) is 8.69. The van der Waals surface area contributed by atoms with Gasteiger partial charge in [0.25, 0.3) is 0 Å². The molecule has 126 valence electrons. The van der Waals surface area contributed by atoms with Crippen LogP contribution >= 0.6 is 0 Å². The molecule has 0 fully saturated rings. The van der Waals surface area contributed by atoms with Gasteiger partial charge in [-0.3, -0.25) is 4.79 Å². The topological polar surface area (TPSA) is 65.0 Å². The van der Waals surface area contributed by atoms with Gasteiger partial charge in [-0.1, -0.05) is 30.4 Å². The number of rotatable bonds is 8. The summed E-state index contributed by atoms with van der Waals surface area (Å²) in [4.78, 5) is 10.6. The third kappa shape index (κ3) is 5.05. The van der Waals surface area contributed by atoms with E-state index in [-0.39, 0.29) is 13.0 Å². The summed E-state index contributed by atoms with van der Waals surface area (Å²) >= 11 is 0. The van der Waals surface area contributed by atoms with Gasteiger partial charge in [-0.25, -0.2) is 0 Å². The fourth-order valence-corrected chi connectivity index (χ4v) is 2.10. The van der Waals surface area contributed by atoms with Crippen LogP contribution in [0.2, 0.25) is 0 Å². The van der Waals surface area contributed by atoms with Gasteiger partial charge in [-0.05, 0) is 35.4 Å². The quantitative estimate of drug-likeness (QED) is 0.748. The molecule has 0 saturated carbocycles. The molecule has 0 unspecified atom stereocenters. The molecule has 0 aliphatic rings. The van der Waals surface area contributed by atoms with Crippen molar-refractivity contribution in [2.45, 2.75) is 6.42 Å². The summed E-state index contributed by atoms with van der Waals surface area (Å²) < 4.78 is 15.9. The van der Waals surface area contributed by atoms with Crippen LogP contribution < -0.4 is 14.2 Å². The summed E-state index contributed by atoms with van der Waals surface area (Å²) in [5.41, 5.74) is 1.93. The van der Waals surface area contributed by atoms with Crippen LogP contribution in [0.4, 0.5) is 0 Å². The minimum atomic E-state index is -0.900. The molecule has 0 bridgehead atoms. The van der Waals surface area contributed by atoms with Crippen LogP contribution in [0.15, 0.2) is 42.5 Å². The SMILES string of the molecule is COc1cccc(/C=C/c2ccc(OC)c(OCCC(=O)O)c2)c1. The Bertz CT molecular complexity index is 721. The maximum atomic E-state index is 10.6. The lowest BCUT2D eigenvalue weighted by Crippen LogP contribution is -2.05. The molecule has 0 aliphatic carbocycles. The number of carbonyl (C=O) groups is 1. The zero-order chi connectivity index (χ0) is 17.4. The Balaban J connectivity index is 2.14. The summed E-state index contributed by atoms with van der Waals surface area (Å²) in [6.45, 7) is 0.0920. The third-order valence-corrected chi connectivity index (χ3v) is 3.32. The molecule has 0 aliphatic heterocycles. The van der Waals surface area contributed by atoms with E-state index in [1.54, 1.807) is 20.3 Å². The number of hydrogen-bond donors (Lipinski definition) is 1. The minimum absolute atomic E-state index is 0.0625. The van der Waals surface area contributed by atoms with Crippen LogP contribution in [0.1, 0.15) is 17.5 Å². The number of aliphatic carboxylic acids is 1. The second-order valence-corrected chi connectivity index (χ2v) is 5.01. The van der Waals surface area contributed by atoms with E-state index < -0.39 is 5.97 Å². The van der Waals surface area contributed by atoms with Gasteiger partial charge in [0.1, 0.15) is 5.75 Å². The molecule has 2 rings (SSSR count). The van der Waals surface area contributed by atoms with E-state index in [4.69, 9.17) is 19.3 Å². The van der Waals surface area contributed by atoms with Gasteiger partial charge in [-0.15, -0.1) is 0 Å². The van der Waals surface area contributed by atoms with Crippen molar-refractivity contribution in [2.24, 2.45) is 0 Å². The molecular weight excluding hydrogens is 308 g/mol. The molecule has 0 aromatic heterocycles. The normalized spacial score (nSPS) is 10.6. The molecule has 5 heteroatoms. The fourth-order valence-electron chi connectivity index (χ4n) is 2.10. The molecule has 5 nitrogen and oxygen atoms in total. The van der Waals surface area contributed by atoms with Crippen molar-refractivity contribution >= 4 is 18.1 Å². The summed E-state index contributed by atoms with van der Waals surface area (Å²) in [6, 6.07) is 13.2. The van der Waals surface area contributed by atoms with E-state index in [9.17, 15) is 4.79 Å². The Morgan fingerprint density at radius 2 is 1.75 bits per heavy atom. The highest BCUT2D eigenvalue weighted by Crippen LogP contribution is 2.29. The van der Waals surface area contributed by atoms with Crippen LogP contribution in [-0.4, -0.2) is 31.9 Å². The van der Waals surface area contributed by atoms with Crippen molar-refractivity contribution in [3.05, 3.63) is 53.6 Å². The Kier molecular flexibility index (Phi) is 6.25. The summed E-state index contributed by atoms with van der Waals surface area (Å²) in [6.07, 6.45) is 3.84. The van der Waals surface area contributed by atoms with E-state index in [2.05, 4.69) is 0 Å². The Morgan fingerprint density at radius 3 is 2.42 bits per heavy atom. The molecule has 0 amide bonds. The van der Waals surface area contributed by atoms with Crippen LogP contribution in [-0.2, 0) is 4.79 Å². The van der Waals surface area contributed by atoms with E-state index in [1.165, 1.54) is 0 Å². The van der Waals surface area contributed by atoms with Crippen LogP contribution in [0.3, 0.4) is 0 Å². The van der Waals surface area contributed by atoms with Gasteiger partial charge in [0, 0.05) is 0 Å². The summed E-state index contributed by atoms with van der Waals surface area (Å²) in [5.74, 6) is 0.984. The summed E-state index contributed by atoms with van der Waals surface area (Å²) in [7, 11) is 3.18.